The van der Waals surface area contributed by atoms with Crippen LogP contribution >= 0.6 is 11.3 Å². The van der Waals surface area contributed by atoms with E-state index in [0.717, 1.165) is 28.1 Å². The molecule has 0 bridgehead atoms. The molecule has 0 aliphatic rings. The van der Waals surface area contributed by atoms with E-state index in [9.17, 15) is 23.1 Å². The van der Waals surface area contributed by atoms with Crippen molar-refractivity contribution in [2.45, 2.75) is 19.0 Å². The summed E-state index contributed by atoms with van der Waals surface area (Å²) >= 11 is 1.27. The van der Waals surface area contributed by atoms with Crippen molar-refractivity contribution >= 4 is 22.4 Å². The molecule has 3 aromatic rings. The topological polar surface area (TPSA) is 62.2 Å². The number of hydrogen-bond acceptors (Lipinski definition) is 4. The number of nitrogens with one attached hydrogen (secondary N) is 1. The molecule has 0 saturated carbocycles. The Morgan fingerprint density at radius 3 is 2.30 bits per heavy atom. The summed E-state index contributed by atoms with van der Waals surface area (Å²) in [5, 5.41) is 12.4. The molecule has 27 heavy (non-hydrogen) atoms. The van der Waals surface area contributed by atoms with Crippen LogP contribution in [0.1, 0.15) is 21.6 Å². The van der Waals surface area contributed by atoms with Crippen LogP contribution < -0.4 is 5.32 Å². The second-order valence-corrected chi connectivity index (χ2v) is 7.01. The van der Waals surface area contributed by atoms with Crippen LogP contribution in [-0.4, -0.2) is 16.0 Å². The van der Waals surface area contributed by atoms with Crippen LogP contribution in [0, 0.1) is 0 Å². The molecule has 4 nitrogen and oxygen atoms in total. The first-order valence-corrected chi connectivity index (χ1v) is 8.80. The number of carbonyl (C=O) groups is 1. The van der Waals surface area contributed by atoms with Crippen LogP contribution in [-0.2, 0) is 23.8 Å². The zero-order chi connectivity index (χ0) is 19.4. The quantitative estimate of drug-likeness (QED) is 0.665. The van der Waals surface area contributed by atoms with Crippen LogP contribution in [0.2, 0.25) is 0 Å². The highest BCUT2D eigenvalue weighted by atomic mass is 32.1. The van der Waals surface area contributed by atoms with E-state index in [1.165, 1.54) is 35.6 Å². The van der Waals surface area contributed by atoms with Crippen molar-refractivity contribution < 1.29 is 23.1 Å². The minimum Gasteiger partial charge on any atom is -0.508 e. The third-order valence-corrected chi connectivity index (χ3v) is 4.67. The molecule has 0 aliphatic carbocycles. The van der Waals surface area contributed by atoms with Gasteiger partial charge in [-0.25, -0.2) is 4.98 Å². The van der Waals surface area contributed by atoms with Gasteiger partial charge < -0.3 is 10.4 Å². The number of anilines is 1. The Labute approximate surface area is 157 Å². The van der Waals surface area contributed by atoms with E-state index in [1.54, 1.807) is 18.3 Å². The van der Waals surface area contributed by atoms with Gasteiger partial charge in [-0.15, -0.1) is 11.3 Å². The fourth-order valence-electron chi connectivity index (χ4n) is 2.42. The Morgan fingerprint density at radius 1 is 1.04 bits per heavy atom. The van der Waals surface area contributed by atoms with Gasteiger partial charge in [-0.3, -0.25) is 4.79 Å². The van der Waals surface area contributed by atoms with Gasteiger partial charge in [0.05, 0.1) is 12.0 Å². The highest BCUT2D eigenvalue weighted by molar-refractivity contribution is 7.15. The molecule has 0 atom stereocenters. The van der Waals surface area contributed by atoms with Crippen LogP contribution in [0.15, 0.2) is 54.7 Å². The summed E-state index contributed by atoms with van der Waals surface area (Å²) < 4.78 is 37.8. The van der Waals surface area contributed by atoms with E-state index < -0.39 is 11.7 Å². The van der Waals surface area contributed by atoms with Crippen molar-refractivity contribution in [2.24, 2.45) is 0 Å². The third-order valence-electron chi connectivity index (χ3n) is 3.76. The standard InChI is InChI=1S/C19H15F3N2O2S/c20-19(21,22)14-5-1-12(2-6-14)9-16-11-23-18(27-16)24-17(26)10-13-3-7-15(25)8-4-13/h1-8,11,25H,9-10H2,(H,23,24,26). The number of halogens is 3. The lowest BCUT2D eigenvalue weighted by Gasteiger charge is -2.06. The predicted octanol–water partition coefficient (Wildman–Crippen LogP) is 4.64. The number of aromatic nitrogens is 1. The monoisotopic (exact) mass is 392 g/mol. The van der Waals surface area contributed by atoms with Gasteiger partial charge in [0.15, 0.2) is 5.13 Å². The fourth-order valence-corrected chi connectivity index (χ4v) is 3.29. The molecule has 0 saturated heterocycles. The largest absolute Gasteiger partial charge is 0.508 e. The zero-order valence-corrected chi connectivity index (χ0v) is 14.8. The van der Waals surface area contributed by atoms with Gasteiger partial charge in [0.25, 0.3) is 0 Å². The molecule has 0 fully saturated rings. The number of carbonyl (C=O) groups excluding carboxylic acids is 1. The van der Waals surface area contributed by atoms with Gasteiger partial charge in [0, 0.05) is 17.5 Å². The molecular formula is C19H15F3N2O2S. The van der Waals surface area contributed by atoms with Gasteiger partial charge in [0.1, 0.15) is 5.75 Å². The summed E-state index contributed by atoms with van der Waals surface area (Å²) in [4.78, 5) is 17.0. The maximum Gasteiger partial charge on any atom is 0.416 e. The summed E-state index contributed by atoms with van der Waals surface area (Å²) in [5.74, 6) is -0.108. The van der Waals surface area contributed by atoms with Crippen LogP contribution in [0.4, 0.5) is 18.3 Å². The number of phenols is 1. The van der Waals surface area contributed by atoms with E-state index in [2.05, 4.69) is 10.3 Å². The number of phenolic OH excluding ortho intramolecular Hbond substituents is 1. The normalized spacial score (nSPS) is 11.4. The number of hydrogen-bond donors (Lipinski definition) is 2. The van der Waals surface area contributed by atoms with Crippen LogP contribution in [0.3, 0.4) is 0 Å². The first kappa shape index (κ1) is 18.9. The SMILES string of the molecule is O=C(Cc1ccc(O)cc1)Nc1ncc(Cc2ccc(C(F)(F)F)cc2)s1. The molecule has 0 spiro atoms. The van der Waals surface area contributed by atoms with Gasteiger partial charge in [-0.2, -0.15) is 13.2 Å². The summed E-state index contributed by atoms with van der Waals surface area (Å²) in [6.07, 6.45) is -2.17. The molecule has 0 unspecified atom stereocenters. The second-order valence-electron chi connectivity index (χ2n) is 5.89. The van der Waals surface area contributed by atoms with Gasteiger partial charge in [-0.05, 0) is 35.4 Å². The molecule has 2 N–H and O–H groups in total. The highest BCUT2D eigenvalue weighted by Crippen LogP contribution is 2.30. The fraction of sp³-hybridized carbons (Fsp3) is 0.158. The van der Waals surface area contributed by atoms with E-state index in [0.29, 0.717) is 11.6 Å². The van der Waals surface area contributed by atoms with E-state index in [4.69, 9.17) is 0 Å². The summed E-state index contributed by atoms with van der Waals surface area (Å²) in [5.41, 5.74) is 0.804. The average molecular weight is 392 g/mol. The van der Waals surface area contributed by atoms with E-state index in [-0.39, 0.29) is 18.1 Å². The van der Waals surface area contributed by atoms with Crippen molar-refractivity contribution in [1.29, 1.82) is 0 Å². The molecule has 1 amide bonds. The average Bonchev–Trinajstić information content (AvgIpc) is 3.03. The number of benzene rings is 2. The number of rotatable bonds is 5. The number of thiazole rings is 1. The first-order valence-electron chi connectivity index (χ1n) is 7.98. The third kappa shape index (κ3) is 5.30. The van der Waals surface area contributed by atoms with Gasteiger partial charge in [-0.1, -0.05) is 24.3 Å². The molecule has 8 heteroatoms. The van der Waals surface area contributed by atoms with Crippen molar-refractivity contribution in [3.8, 4) is 5.75 Å². The van der Waals surface area contributed by atoms with Crippen molar-refractivity contribution in [1.82, 2.24) is 4.98 Å². The molecule has 1 heterocycles. The zero-order valence-electron chi connectivity index (χ0n) is 14.0. The summed E-state index contributed by atoms with van der Waals surface area (Å²) in [6, 6.07) is 11.3. The van der Waals surface area contributed by atoms with E-state index >= 15 is 0 Å². The van der Waals surface area contributed by atoms with E-state index in [1.807, 2.05) is 0 Å². The van der Waals surface area contributed by atoms with Gasteiger partial charge in [0.2, 0.25) is 5.91 Å². The Hall–Kier alpha value is -2.87. The molecule has 3 rings (SSSR count). The molecule has 1 aromatic heterocycles. The van der Waals surface area contributed by atoms with Crippen molar-refractivity contribution in [2.75, 3.05) is 5.32 Å². The van der Waals surface area contributed by atoms with Crippen molar-refractivity contribution in [3.63, 3.8) is 0 Å². The lowest BCUT2D eigenvalue weighted by Crippen LogP contribution is -2.13. The lowest BCUT2D eigenvalue weighted by atomic mass is 10.1. The minimum atomic E-state index is -4.35. The number of amides is 1. The van der Waals surface area contributed by atoms with Crippen molar-refractivity contribution in [3.05, 3.63) is 76.3 Å². The second kappa shape index (κ2) is 7.79. The summed E-state index contributed by atoms with van der Waals surface area (Å²) in [6.45, 7) is 0. The van der Waals surface area contributed by atoms with Crippen LogP contribution in [0.5, 0.6) is 5.75 Å². The highest BCUT2D eigenvalue weighted by Gasteiger charge is 2.29. The maximum atomic E-state index is 12.6. The summed E-state index contributed by atoms with van der Waals surface area (Å²) in [7, 11) is 0. The molecule has 0 aliphatic heterocycles. The maximum absolute atomic E-state index is 12.6. The number of alkyl halides is 3. The Kier molecular flexibility index (Phi) is 5.46. The lowest BCUT2D eigenvalue weighted by molar-refractivity contribution is -0.137. The molecule has 2 aromatic carbocycles. The Morgan fingerprint density at radius 2 is 1.67 bits per heavy atom. The number of nitrogens with zero attached hydrogens (tertiary/aromatic N) is 1. The Balaban J connectivity index is 1.58. The first-order chi connectivity index (χ1) is 12.8. The molecule has 0 radical (unpaired) electrons. The molecular weight excluding hydrogens is 377 g/mol. The minimum absolute atomic E-state index is 0.131. The van der Waals surface area contributed by atoms with Gasteiger partial charge >= 0.3 is 6.18 Å². The molecule has 140 valence electrons. The predicted molar refractivity (Wildman–Crippen MR) is 96.8 cm³/mol. The number of aromatic hydroxyl groups is 1. The van der Waals surface area contributed by atoms with Crippen LogP contribution in [0.25, 0.3) is 0 Å². The smallest absolute Gasteiger partial charge is 0.416 e. The Bertz CT molecular complexity index is 919.